The number of halogens is 3. The van der Waals surface area contributed by atoms with Gasteiger partial charge in [-0.25, -0.2) is 9.78 Å². The van der Waals surface area contributed by atoms with E-state index in [2.05, 4.69) is 25.5 Å². The second kappa shape index (κ2) is 9.49. The molecule has 1 amide bonds. The first-order valence-corrected chi connectivity index (χ1v) is 11.4. The minimum absolute atomic E-state index is 0.0301. The van der Waals surface area contributed by atoms with Crippen molar-refractivity contribution in [3.8, 4) is 23.0 Å². The molecule has 0 saturated carbocycles. The lowest BCUT2D eigenvalue weighted by molar-refractivity contribution is -0.137. The fraction of sp³-hybridized carbons (Fsp3) is 0.381. The summed E-state index contributed by atoms with van der Waals surface area (Å²) in [4.78, 5) is 20.6. The fourth-order valence-corrected chi connectivity index (χ4v) is 3.85. The molecule has 0 aliphatic heterocycles. The third-order valence-electron chi connectivity index (χ3n) is 4.41. The number of alkyl halides is 3. The van der Waals surface area contributed by atoms with Gasteiger partial charge in [0.2, 0.25) is 0 Å². The van der Waals surface area contributed by atoms with Crippen LogP contribution in [-0.2, 0) is 28.8 Å². The molecular formula is C21H23F3N6O3S. The number of anilines is 1. The van der Waals surface area contributed by atoms with Crippen molar-refractivity contribution in [1.82, 2.24) is 24.7 Å². The number of rotatable bonds is 5. The smallest absolute Gasteiger partial charge is 0.416 e. The summed E-state index contributed by atoms with van der Waals surface area (Å²) in [6.07, 6.45) is -2.86. The maximum atomic E-state index is 13.1. The van der Waals surface area contributed by atoms with Gasteiger partial charge >= 0.3 is 12.3 Å². The molecule has 0 saturated heterocycles. The minimum atomic E-state index is -4.54. The van der Waals surface area contributed by atoms with Crippen molar-refractivity contribution in [2.75, 3.05) is 11.1 Å². The monoisotopic (exact) mass is 496 g/mol. The third kappa shape index (κ3) is 5.76. The van der Waals surface area contributed by atoms with Crippen LogP contribution in [0.2, 0.25) is 0 Å². The van der Waals surface area contributed by atoms with E-state index in [1.807, 2.05) is 0 Å². The van der Waals surface area contributed by atoms with Gasteiger partial charge in [-0.3, -0.25) is 14.5 Å². The average molecular weight is 497 g/mol. The largest absolute Gasteiger partial charge is 0.444 e. The number of hydrogen-bond donors (Lipinski definition) is 1. The van der Waals surface area contributed by atoms with Gasteiger partial charge in [0.25, 0.3) is 0 Å². The van der Waals surface area contributed by atoms with Crippen molar-refractivity contribution in [3.63, 3.8) is 0 Å². The molecular weight excluding hydrogens is 473 g/mol. The fourth-order valence-electron chi connectivity index (χ4n) is 2.92. The number of ether oxygens (including phenoxy) is 1. The normalized spacial score (nSPS) is 12.9. The van der Waals surface area contributed by atoms with Crippen LogP contribution in [0.1, 0.15) is 33.3 Å². The highest BCUT2D eigenvalue weighted by Gasteiger charge is 2.31. The van der Waals surface area contributed by atoms with E-state index in [4.69, 9.17) is 4.74 Å². The first-order chi connectivity index (χ1) is 15.8. The van der Waals surface area contributed by atoms with Gasteiger partial charge < -0.3 is 9.30 Å². The maximum absolute atomic E-state index is 13.1. The predicted octanol–water partition coefficient (Wildman–Crippen LogP) is 4.43. The quantitative estimate of drug-likeness (QED) is 0.556. The van der Waals surface area contributed by atoms with E-state index in [0.717, 1.165) is 18.3 Å². The lowest BCUT2D eigenvalue weighted by Gasteiger charge is -2.20. The van der Waals surface area contributed by atoms with Crippen LogP contribution in [0.4, 0.5) is 23.7 Å². The zero-order valence-corrected chi connectivity index (χ0v) is 19.9. The summed E-state index contributed by atoms with van der Waals surface area (Å²) >= 11 is 0. The van der Waals surface area contributed by atoms with Crippen LogP contribution < -0.4 is 5.32 Å². The summed E-state index contributed by atoms with van der Waals surface area (Å²) in [5.74, 6) is 0.506. The van der Waals surface area contributed by atoms with Crippen LogP contribution in [0, 0.1) is 0 Å². The van der Waals surface area contributed by atoms with Gasteiger partial charge in [0.1, 0.15) is 17.0 Å². The SMILES string of the molecule is CCS(=O)c1cc(NC(=O)OC(C)(C)C)cnc1-c1nnc(-c2cc(C(F)(F)F)ccn2)n1C. The Hall–Kier alpha value is -3.35. The summed E-state index contributed by atoms with van der Waals surface area (Å²) < 4.78 is 58.7. The molecule has 3 aromatic heterocycles. The predicted molar refractivity (Wildman–Crippen MR) is 119 cm³/mol. The van der Waals surface area contributed by atoms with Crippen molar-refractivity contribution in [1.29, 1.82) is 0 Å². The molecule has 0 aliphatic carbocycles. The van der Waals surface area contributed by atoms with Gasteiger partial charge in [0, 0.05) is 19.0 Å². The van der Waals surface area contributed by atoms with Crippen molar-refractivity contribution >= 4 is 22.6 Å². The van der Waals surface area contributed by atoms with Crippen LogP contribution in [0.25, 0.3) is 23.0 Å². The lowest BCUT2D eigenvalue weighted by atomic mass is 10.2. The standard InChI is InChI=1S/C21H23F3N6O3S/c1-6-34(32)15-10-13(27-19(31)33-20(2,3)4)11-26-16(15)18-29-28-17(30(18)5)14-9-12(7-8-25-14)21(22,23)24/h7-11H,6H2,1-5H3,(H,27,31). The topological polar surface area (TPSA) is 112 Å². The van der Waals surface area contributed by atoms with Crippen molar-refractivity contribution in [2.45, 2.75) is 44.4 Å². The number of nitrogens with zero attached hydrogens (tertiary/aromatic N) is 5. The summed E-state index contributed by atoms with van der Waals surface area (Å²) in [5, 5.41) is 10.6. The Labute approximate surface area is 196 Å². The zero-order chi connectivity index (χ0) is 25.3. The number of hydrogen-bond acceptors (Lipinski definition) is 7. The molecule has 3 rings (SSSR count). The Bertz CT molecular complexity index is 1240. The van der Waals surface area contributed by atoms with Crippen LogP contribution in [0.5, 0.6) is 0 Å². The van der Waals surface area contributed by atoms with E-state index in [1.54, 1.807) is 34.7 Å². The van der Waals surface area contributed by atoms with Crippen molar-refractivity contribution in [3.05, 3.63) is 36.2 Å². The minimum Gasteiger partial charge on any atom is -0.444 e. The number of amides is 1. The Morgan fingerprint density at radius 3 is 2.44 bits per heavy atom. The molecule has 1 atom stereocenters. The van der Waals surface area contributed by atoms with E-state index in [0.29, 0.717) is 0 Å². The second-order valence-electron chi connectivity index (χ2n) is 8.17. The molecule has 1 N–H and O–H groups in total. The van der Waals surface area contributed by atoms with Crippen LogP contribution >= 0.6 is 0 Å². The van der Waals surface area contributed by atoms with Crippen LogP contribution in [0.15, 0.2) is 35.5 Å². The lowest BCUT2D eigenvalue weighted by Crippen LogP contribution is -2.27. The van der Waals surface area contributed by atoms with Gasteiger partial charge in [0.15, 0.2) is 11.6 Å². The van der Waals surface area contributed by atoms with E-state index in [9.17, 15) is 22.2 Å². The number of carbonyl (C=O) groups is 1. The third-order valence-corrected chi connectivity index (χ3v) is 5.73. The number of carbonyl (C=O) groups excluding carboxylic acids is 1. The molecule has 3 aromatic rings. The molecule has 0 spiro atoms. The highest BCUT2D eigenvalue weighted by Crippen LogP contribution is 2.32. The number of nitrogens with one attached hydrogen (secondary N) is 1. The molecule has 0 aromatic carbocycles. The highest BCUT2D eigenvalue weighted by molar-refractivity contribution is 7.85. The van der Waals surface area contributed by atoms with Crippen LogP contribution in [0.3, 0.4) is 0 Å². The number of pyridine rings is 2. The zero-order valence-electron chi connectivity index (χ0n) is 19.1. The highest BCUT2D eigenvalue weighted by atomic mass is 32.2. The Kier molecular flexibility index (Phi) is 7.05. The van der Waals surface area contributed by atoms with E-state index < -0.39 is 34.2 Å². The molecule has 34 heavy (non-hydrogen) atoms. The molecule has 0 fully saturated rings. The molecule has 3 heterocycles. The summed E-state index contributed by atoms with van der Waals surface area (Å²) in [6.45, 7) is 6.87. The summed E-state index contributed by atoms with van der Waals surface area (Å²) in [5.41, 5.74) is -1.14. The van der Waals surface area contributed by atoms with Gasteiger partial charge in [-0.1, -0.05) is 6.92 Å². The average Bonchev–Trinajstić information content (AvgIpc) is 3.12. The first kappa shape index (κ1) is 25.3. The molecule has 1 unspecified atom stereocenters. The molecule has 0 aliphatic rings. The Morgan fingerprint density at radius 2 is 1.82 bits per heavy atom. The van der Waals surface area contributed by atoms with Crippen LogP contribution in [-0.4, -0.2) is 46.4 Å². The Balaban J connectivity index is 2.01. The summed E-state index contributed by atoms with van der Waals surface area (Å²) in [7, 11) is 0.0358. The first-order valence-electron chi connectivity index (χ1n) is 10.1. The van der Waals surface area contributed by atoms with Crippen molar-refractivity contribution < 1.29 is 26.9 Å². The van der Waals surface area contributed by atoms with E-state index in [-0.39, 0.29) is 39.4 Å². The Morgan fingerprint density at radius 1 is 1.15 bits per heavy atom. The summed E-state index contributed by atoms with van der Waals surface area (Å²) in [6, 6.07) is 3.23. The second-order valence-corrected chi connectivity index (χ2v) is 9.87. The molecule has 13 heteroatoms. The maximum Gasteiger partial charge on any atom is 0.416 e. The van der Waals surface area contributed by atoms with Crippen molar-refractivity contribution in [2.24, 2.45) is 7.05 Å². The van der Waals surface area contributed by atoms with E-state index in [1.165, 1.54) is 16.8 Å². The van der Waals surface area contributed by atoms with Gasteiger partial charge in [-0.05, 0) is 39.0 Å². The van der Waals surface area contributed by atoms with Gasteiger partial charge in [0.05, 0.1) is 33.1 Å². The molecule has 0 radical (unpaired) electrons. The van der Waals surface area contributed by atoms with E-state index >= 15 is 0 Å². The molecule has 9 nitrogen and oxygen atoms in total. The molecule has 182 valence electrons. The molecule has 0 bridgehead atoms. The number of aromatic nitrogens is 5. The van der Waals surface area contributed by atoms with Gasteiger partial charge in [-0.2, -0.15) is 13.2 Å². The van der Waals surface area contributed by atoms with Gasteiger partial charge in [-0.15, -0.1) is 10.2 Å².